The van der Waals surface area contributed by atoms with Gasteiger partial charge in [0.1, 0.15) is 0 Å². The summed E-state index contributed by atoms with van der Waals surface area (Å²) in [5, 5.41) is 4.81. The van der Waals surface area contributed by atoms with E-state index >= 15 is 0 Å². The summed E-state index contributed by atoms with van der Waals surface area (Å²) in [6.45, 7) is 4.21. The lowest BCUT2D eigenvalue weighted by molar-refractivity contribution is -0.142. The molecule has 0 unspecified atom stereocenters. The second-order valence-electron chi connectivity index (χ2n) is 4.34. The van der Waals surface area contributed by atoms with Crippen LogP contribution >= 0.6 is 11.3 Å². The number of hydrogen-bond donors (Lipinski definition) is 1. The summed E-state index contributed by atoms with van der Waals surface area (Å²) in [5.74, 6) is -0.240. The number of nitrogens with zero attached hydrogens (tertiary/aromatic N) is 2. The monoisotopic (exact) mass is 303 g/mol. The average molecular weight is 303 g/mol. The number of anilines is 1. The Morgan fingerprint density at radius 2 is 2.29 bits per heavy atom. The largest absolute Gasteiger partial charge is 0.466 e. The first-order valence-electron chi connectivity index (χ1n) is 6.64. The molecule has 1 N–H and O–H groups in total. The molecule has 0 aliphatic rings. The van der Waals surface area contributed by atoms with Gasteiger partial charge in [-0.2, -0.15) is 5.10 Å². The zero-order chi connectivity index (χ0) is 15.1. The molecule has 21 heavy (non-hydrogen) atoms. The molecule has 0 amide bonds. The van der Waals surface area contributed by atoms with Gasteiger partial charge in [0.05, 0.1) is 19.2 Å². The summed E-state index contributed by atoms with van der Waals surface area (Å²) in [5.41, 5.74) is 5.08. The van der Waals surface area contributed by atoms with Crippen molar-refractivity contribution in [3.63, 3.8) is 0 Å². The van der Waals surface area contributed by atoms with Crippen molar-refractivity contribution in [1.29, 1.82) is 0 Å². The Labute approximate surface area is 127 Å². The fraction of sp³-hybridized carbons (Fsp3) is 0.267. The molecule has 6 heteroatoms. The van der Waals surface area contributed by atoms with Gasteiger partial charge in [0, 0.05) is 11.1 Å². The van der Waals surface area contributed by atoms with Crippen molar-refractivity contribution in [3.05, 3.63) is 46.5 Å². The predicted molar refractivity (Wildman–Crippen MR) is 84.8 cm³/mol. The number of carbonyl (C=O) groups excluding carboxylic acids is 1. The quantitative estimate of drug-likeness (QED) is 0.506. The van der Waals surface area contributed by atoms with Gasteiger partial charge in [-0.1, -0.05) is 35.6 Å². The van der Waals surface area contributed by atoms with Crippen LogP contribution in [0.1, 0.15) is 22.9 Å². The van der Waals surface area contributed by atoms with E-state index in [1.54, 1.807) is 19.3 Å². The molecule has 0 atom stereocenters. The zero-order valence-electron chi connectivity index (χ0n) is 12.0. The van der Waals surface area contributed by atoms with Gasteiger partial charge >= 0.3 is 5.97 Å². The summed E-state index contributed by atoms with van der Waals surface area (Å²) in [4.78, 5) is 16.4. The first-order valence-corrected chi connectivity index (χ1v) is 7.45. The summed E-state index contributed by atoms with van der Waals surface area (Å²) in [6, 6.07) is 7.98. The third-order valence-corrected chi connectivity index (χ3v) is 3.63. The van der Waals surface area contributed by atoms with Crippen molar-refractivity contribution >= 4 is 28.7 Å². The average Bonchev–Trinajstić information content (AvgIpc) is 2.88. The Morgan fingerprint density at radius 1 is 1.48 bits per heavy atom. The first-order chi connectivity index (χ1) is 10.2. The van der Waals surface area contributed by atoms with Crippen LogP contribution in [0.5, 0.6) is 0 Å². The molecule has 5 nitrogen and oxygen atoms in total. The highest BCUT2D eigenvalue weighted by molar-refractivity contribution is 7.15. The number of esters is 1. The SMILES string of the molecule is CCOC(=O)Cc1cnc(N/N=C/c2ccccc2C)s1. The van der Waals surface area contributed by atoms with Gasteiger partial charge in [-0.15, -0.1) is 0 Å². The summed E-state index contributed by atoms with van der Waals surface area (Å²) in [7, 11) is 0. The molecular weight excluding hydrogens is 286 g/mol. The number of benzene rings is 1. The number of rotatable bonds is 6. The van der Waals surface area contributed by atoms with E-state index in [9.17, 15) is 4.79 Å². The number of thiazole rings is 1. The number of hydrazone groups is 1. The van der Waals surface area contributed by atoms with E-state index in [0.29, 0.717) is 11.7 Å². The number of aromatic nitrogens is 1. The van der Waals surface area contributed by atoms with Gasteiger partial charge in [-0.3, -0.25) is 10.2 Å². The number of ether oxygens (including phenoxy) is 1. The lowest BCUT2D eigenvalue weighted by Crippen LogP contribution is -2.06. The minimum absolute atomic E-state index is 0.240. The summed E-state index contributed by atoms with van der Waals surface area (Å²) in [6.07, 6.45) is 3.66. The van der Waals surface area contributed by atoms with Crippen LogP contribution in [0, 0.1) is 6.92 Å². The Morgan fingerprint density at radius 3 is 3.05 bits per heavy atom. The number of aryl methyl sites for hydroxylation is 1. The number of hydrogen-bond acceptors (Lipinski definition) is 6. The van der Waals surface area contributed by atoms with Crippen LogP contribution in [0.25, 0.3) is 0 Å². The number of carbonyl (C=O) groups is 1. The second kappa shape index (κ2) is 7.54. The fourth-order valence-corrected chi connectivity index (χ4v) is 2.43. The molecule has 1 aromatic carbocycles. The van der Waals surface area contributed by atoms with Gasteiger partial charge in [0.25, 0.3) is 0 Å². The van der Waals surface area contributed by atoms with Crippen LogP contribution in [-0.4, -0.2) is 23.8 Å². The molecular formula is C15H17N3O2S. The third-order valence-electron chi connectivity index (χ3n) is 2.73. The maximum atomic E-state index is 11.4. The molecule has 0 saturated heterocycles. The van der Waals surface area contributed by atoms with Crippen LogP contribution in [0.4, 0.5) is 5.13 Å². The smallest absolute Gasteiger partial charge is 0.311 e. The summed E-state index contributed by atoms with van der Waals surface area (Å²) < 4.78 is 4.90. The molecule has 2 rings (SSSR count). The second-order valence-corrected chi connectivity index (χ2v) is 5.46. The molecule has 0 spiro atoms. The molecule has 0 fully saturated rings. The van der Waals surface area contributed by atoms with Gasteiger partial charge in [-0.05, 0) is 25.0 Å². The Hall–Kier alpha value is -2.21. The van der Waals surface area contributed by atoms with Crippen LogP contribution < -0.4 is 5.43 Å². The van der Waals surface area contributed by atoms with Gasteiger partial charge in [0.2, 0.25) is 5.13 Å². The van der Waals surface area contributed by atoms with E-state index in [-0.39, 0.29) is 12.4 Å². The predicted octanol–water partition coefficient (Wildman–Crippen LogP) is 3.00. The van der Waals surface area contributed by atoms with Gasteiger partial charge < -0.3 is 4.74 Å². The van der Waals surface area contributed by atoms with Crippen LogP contribution in [0.3, 0.4) is 0 Å². The zero-order valence-corrected chi connectivity index (χ0v) is 12.8. The highest BCUT2D eigenvalue weighted by Crippen LogP contribution is 2.18. The molecule has 0 saturated carbocycles. The van der Waals surface area contributed by atoms with Crippen LogP contribution in [0.15, 0.2) is 35.6 Å². The van der Waals surface area contributed by atoms with Crippen LogP contribution in [-0.2, 0) is 16.0 Å². The fourth-order valence-electron chi connectivity index (χ4n) is 1.68. The van der Waals surface area contributed by atoms with Crippen molar-refractivity contribution in [2.75, 3.05) is 12.0 Å². The normalized spacial score (nSPS) is 10.8. The van der Waals surface area contributed by atoms with E-state index in [0.717, 1.165) is 16.0 Å². The molecule has 0 aliphatic heterocycles. The van der Waals surface area contributed by atoms with E-state index in [1.807, 2.05) is 31.2 Å². The maximum Gasteiger partial charge on any atom is 0.311 e. The van der Waals surface area contributed by atoms with Crippen molar-refractivity contribution in [1.82, 2.24) is 4.98 Å². The van der Waals surface area contributed by atoms with Gasteiger partial charge in [-0.25, -0.2) is 4.98 Å². The maximum absolute atomic E-state index is 11.4. The van der Waals surface area contributed by atoms with Crippen molar-refractivity contribution in [2.24, 2.45) is 5.10 Å². The van der Waals surface area contributed by atoms with Crippen molar-refractivity contribution in [3.8, 4) is 0 Å². The Balaban J connectivity index is 1.91. The van der Waals surface area contributed by atoms with E-state index in [4.69, 9.17) is 4.74 Å². The van der Waals surface area contributed by atoms with Crippen LogP contribution in [0.2, 0.25) is 0 Å². The lowest BCUT2D eigenvalue weighted by Gasteiger charge is -1.98. The van der Waals surface area contributed by atoms with E-state index in [1.165, 1.54) is 11.3 Å². The Bertz CT molecular complexity index is 637. The first kappa shape index (κ1) is 15.2. The third kappa shape index (κ3) is 4.68. The van der Waals surface area contributed by atoms with Crippen molar-refractivity contribution < 1.29 is 9.53 Å². The molecule has 1 aromatic heterocycles. The minimum atomic E-state index is -0.240. The molecule has 0 aliphatic carbocycles. The van der Waals surface area contributed by atoms with E-state index < -0.39 is 0 Å². The highest BCUT2D eigenvalue weighted by Gasteiger charge is 2.07. The Kier molecular flexibility index (Phi) is 5.45. The molecule has 110 valence electrons. The summed E-state index contributed by atoms with van der Waals surface area (Å²) >= 11 is 1.39. The standard InChI is InChI=1S/C15H17N3O2S/c1-3-20-14(19)8-13-10-16-15(21-13)18-17-9-12-7-5-4-6-11(12)2/h4-7,9-10H,3,8H2,1-2H3,(H,16,18)/b17-9+. The molecule has 2 aromatic rings. The van der Waals surface area contributed by atoms with Crippen molar-refractivity contribution in [2.45, 2.75) is 20.3 Å². The molecule has 0 radical (unpaired) electrons. The minimum Gasteiger partial charge on any atom is -0.466 e. The molecule has 1 heterocycles. The highest BCUT2D eigenvalue weighted by atomic mass is 32.1. The van der Waals surface area contributed by atoms with Gasteiger partial charge in [0.15, 0.2) is 0 Å². The molecule has 0 bridgehead atoms. The topological polar surface area (TPSA) is 63.6 Å². The van der Waals surface area contributed by atoms with E-state index in [2.05, 4.69) is 15.5 Å². The lowest BCUT2D eigenvalue weighted by atomic mass is 10.1. The number of nitrogens with one attached hydrogen (secondary N) is 1.